The van der Waals surface area contributed by atoms with Gasteiger partial charge in [0.15, 0.2) is 0 Å². The maximum absolute atomic E-state index is 13.6. The SMILES string of the molecule is CCOC(=O)C1(c2ccccc2)CCC(C(=O)N(C)CCCNC(=O)c2ccccc2OC)c2ccccc21. The van der Waals surface area contributed by atoms with Crippen LogP contribution in [0.5, 0.6) is 5.75 Å². The lowest BCUT2D eigenvalue weighted by atomic mass is 9.63. The zero-order valence-electron chi connectivity index (χ0n) is 22.8. The Balaban J connectivity index is 1.47. The third-order valence-electron chi connectivity index (χ3n) is 7.48. The van der Waals surface area contributed by atoms with Gasteiger partial charge in [0, 0.05) is 20.1 Å². The van der Waals surface area contributed by atoms with Gasteiger partial charge in [-0.25, -0.2) is 0 Å². The van der Waals surface area contributed by atoms with E-state index in [9.17, 15) is 14.4 Å². The molecule has 2 amide bonds. The average Bonchev–Trinajstić information content (AvgIpc) is 2.98. The standard InChI is InChI=1S/C32H36N2O5/c1-4-39-31(37)32(23-13-6-5-7-14-23)20-19-25(24-15-8-10-17-27(24)32)30(36)34(2)22-12-21-33-29(35)26-16-9-11-18-28(26)38-3/h5-11,13-18,25H,4,12,19-22H2,1-3H3,(H,33,35). The fourth-order valence-corrected chi connectivity index (χ4v) is 5.53. The second-order valence-electron chi connectivity index (χ2n) is 9.74. The number of rotatable bonds is 10. The summed E-state index contributed by atoms with van der Waals surface area (Å²) >= 11 is 0. The van der Waals surface area contributed by atoms with Crippen molar-refractivity contribution in [1.29, 1.82) is 0 Å². The van der Waals surface area contributed by atoms with Crippen molar-refractivity contribution in [2.75, 3.05) is 33.9 Å². The van der Waals surface area contributed by atoms with Gasteiger partial charge in [-0.15, -0.1) is 0 Å². The number of benzene rings is 3. The molecule has 3 aromatic carbocycles. The molecule has 3 aromatic rings. The van der Waals surface area contributed by atoms with Gasteiger partial charge in [0.2, 0.25) is 5.91 Å². The van der Waals surface area contributed by atoms with Crippen LogP contribution in [0.3, 0.4) is 0 Å². The zero-order chi connectivity index (χ0) is 27.8. The highest BCUT2D eigenvalue weighted by Crippen LogP contribution is 2.48. The first-order chi connectivity index (χ1) is 18.9. The van der Waals surface area contributed by atoms with Gasteiger partial charge in [-0.05, 0) is 55.0 Å². The van der Waals surface area contributed by atoms with Crippen molar-refractivity contribution >= 4 is 17.8 Å². The second kappa shape index (κ2) is 12.6. The molecule has 204 valence electrons. The molecule has 0 saturated carbocycles. The largest absolute Gasteiger partial charge is 0.496 e. The van der Waals surface area contributed by atoms with Crippen molar-refractivity contribution in [2.24, 2.45) is 0 Å². The first-order valence-corrected chi connectivity index (χ1v) is 13.4. The molecule has 1 aliphatic rings. The number of esters is 1. The van der Waals surface area contributed by atoms with Gasteiger partial charge >= 0.3 is 5.97 Å². The minimum atomic E-state index is -0.952. The maximum atomic E-state index is 13.6. The van der Waals surface area contributed by atoms with Gasteiger partial charge < -0.3 is 19.7 Å². The van der Waals surface area contributed by atoms with Crippen LogP contribution in [-0.2, 0) is 19.7 Å². The molecule has 39 heavy (non-hydrogen) atoms. The minimum absolute atomic E-state index is 0.00373. The Morgan fingerprint density at radius 2 is 1.67 bits per heavy atom. The van der Waals surface area contributed by atoms with Crippen LogP contribution in [0.25, 0.3) is 0 Å². The lowest BCUT2D eigenvalue weighted by Crippen LogP contribution is -2.45. The highest BCUT2D eigenvalue weighted by Gasteiger charge is 2.49. The van der Waals surface area contributed by atoms with E-state index in [0.717, 1.165) is 16.7 Å². The molecule has 0 radical (unpaired) electrons. The quantitative estimate of drug-likeness (QED) is 0.305. The number of likely N-dealkylation sites (N-methyl/N-ethyl adjacent to an activating group) is 1. The van der Waals surface area contributed by atoms with Gasteiger partial charge in [0.05, 0.1) is 25.2 Å². The predicted octanol–water partition coefficient (Wildman–Crippen LogP) is 4.70. The van der Waals surface area contributed by atoms with E-state index in [2.05, 4.69) is 5.32 Å². The van der Waals surface area contributed by atoms with E-state index in [1.54, 1.807) is 30.1 Å². The van der Waals surface area contributed by atoms with Gasteiger partial charge in [-0.3, -0.25) is 14.4 Å². The summed E-state index contributed by atoms with van der Waals surface area (Å²) in [7, 11) is 3.32. The van der Waals surface area contributed by atoms with Crippen LogP contribution in [0, 0.1) is 0 Å². The fraction of sp³-hybridized carbons (Fsp3) is 0.344. The smallest absolute Gasteiger partial charge is 0.321 e. The molecule has 1 aliphatic carbocycles. The van der Waals surface area contributed by atoms with E-state index in [0.29, 0.717) is 43.7 Å². The minimum Gasteiger partial charge on any atom is -0.496 e. The van der Waals surface area contributed by atoms with Crippen LogP contribution in [0.4, 0.5) is 0 Å². The Morgan fingerprint density at radius 1 is 0.974 bits per heavy atom. The van der Waals surface area contributed by atoms with Crippen molar-refractivity contribution in [3.8, 4) is 5.75 Å². The number of carbonyl (C=O) groups excluding carboxylic acids is 3. The summed E-state index contributed by atoms with van der Waals surface area (Å²) in [5, 5.41) is 2.91. The number of nitrogens with zero attached hydrogens (tertiary/aromatic N) is 1. The monoisotopic (exact) mass is 528 g/mol. The molecule has 7 heteroatoms. The molecular weight excluding hydrogens is 492 g/mol. The highest BCUT2D eigenvalue weighted by atomic mass is 16.5. The third kappa shape index (κ3) is 5.67. The van der Waals surface area contributed by atoms with Crippen molar-refractivity contribution in [3.05, 3.63) is 101 Å². The van der Waals surface area contributed by atoms with Gasteiger partial charge in [0.25, 0.3) is 5.91 Å². The summed E-state index contributed by atoms with van der Waals surface area (Å²) in [6.07, 6.45) is 1.61. The summed E-state index contributed by atoms with van der Waals surface area (Å²) in [5.74, 6) is -0.329. The summed E-state index contributed by atoms with van der Waals surface area (Å²) in [6.45, 7) is 3.01. The average molecular weight is 529 g/mol. The van der Waals surface area contributed by atoms with Crippen LogP contribution in [0.2, 0.25) is 0 Å². The number of para-hydroxylation sites is 1. The molecule has 0 heterocycles. The fourth-order valence-electron chi connectivity index (χ4n) is 5.53. The molecule has 0 saturated heterocycles. The Bertz CT molecular complexity index is 1310. The summed E-state index contributed by atoms with van der Waals surface area (Å²) < 4.78 is 10.9. The summed E-state index contributed by atoms with van der Waals surface area (Å²) in [6, 6.07) is 24.5. The van der Waals surface area contributed by atoms with Crippen molar-refractivity contribution in [1.82, 2.24) is 10.2 Å². The lowest BCUT2D eigenvalue weighted by molar-refractivity contribution is -0.149. The maximum Gasteiger partial charge on any atom is 0.321 e. The first kappa shape index (κ1) is 27.9. The van der Waals surface area contributed by atoms with Crippen molar-refractivity contribution in [3.63, 3.8) is 0 Å². The van der Waals surface area contributed by atoms with E-state index in [-0.39, 0.29) is 30.3 Å². The molecule has 2 atom stereocenters. The molecule has 0 fully saturated rings. The zero-order valence-corrected chi connectivity index (χ0v) is 22.8. The van der Waals surface area contributed by atoms with E-state index in [4.69, 9.17) is 9.47 Å². The number of hydrogen-bond acceptors (Lipinski definition) is 5. The number of nitrogens with one attached hydrogen (secondary N) is 1. The Morgan fingerprint density at radius 3 is 2.41 bits per heavy atom. The van der Waals surface area contributed by atoms with Gasteiger partial charge in [0.1, 0.15) is 11.2 Å². The molecule has 7 nitrogen and oxygen atoms in total. The van der Waals surface area contributed by atoms with Crippen LogP contribution in [0.1, 0.15) is 59.2 Å². The van der Waals surface area contributed by atoms with Crippen LogP contribution in [-0.4, -0.2) is 56.5 Å². The van der Waals surface area contributed by atoms with E-state index < -0.39 is 5.41 Å². The molecule has 1 N–H and O–H groups in total. The number of fused-ring (bicyclic) bond motifs is 1. The van der Waals surface area contributed by atoms with E-state index in [1.807, 2.05) is 67.6 Å². The normalized spacial score (nSPS) is 18.0. The molecule has 4 rings (SSSR count). The molecule has 0 aliphatic heterocycles. The molecular formula is C32H36N2O5. The number of amides is 2. The van der Waals surface area contributed by atoms with E-state index >= 15 is 0 Å². The number of methoxy groups -OCH3 is 1. The Kier molecular flexibility index (Phi) is 9.02. The predicted molar refractivity (Wildman–Crippen MR) is 150 cm³/mol. The number of carbonyl (C=O) groups is 3. The van der Waals surface area contributed by atoms with Crippen LogP contribution in [0.15, 0.2) is 78.9 Å². The molecule has 0 bridgehead atoms. The summed E-state index contributed by atoms with van der Waals surface area (Å²) in [4.78, 5) is 41.4. The van der Waals surface area contributed by atoms with Crippen LogP contribution >= 0.6 is 0 Å². The summed E-state index contributed by atoms with van der Waals surface area (Å²) in [5.41, 5.74) is 2.10. The highest BCUT2D eigenvalue weighted by molar-refractivity contribution is 5.97. The first-order valence-electron chi connectivity index (χ1n) is 13.4. The Labute approximate surface area is 230 Å². The van der Waals surface area contributed by atoms with Gasteiger partial charge in [-0.2, -0.15) is 0 Å². The Hall–Kier alpha value is -4.13. The molecule has 0 aromatic heterocycles. The van der Waals surface area contributed by atoms with Crippen LogP contribution < -0.4 is 10.1 Å². The molecule has 0 spiro atoms. The third-order valence-corrected chi connectivity index (χ3v) is 7.48. The topological polar surface area (TPSA) is 84.9 Å². The van der Waals surface area contributed by atoms with Crippen molar-refractivity contribution in [2.45, 2.75) is 37.5 Å². The number of hydrogen-bond donors (Lipinski definition) is 1. The van der Waals surface area contributed by atoms with Crippen molar-refractivity contribution < 1.29 is 23.9 Å². The molecule has 2 unspecified atom stereocenters. The number of ether oxygens (including phenoxy) is 2. The van der Waals surface area contributed by atoms with E-state index in [1.165, 1.54) is 7.11 Å². The lowest BCUT2D eigenvalue weighted by Gasteiger charge is -2.41. The second-order valence-corrected chi connectivity index (χ2v) is 9.74. The van der Waals surface area contributed by atoms with Gasteiger partial charge in [-0.1, -0.05) is 66.7 Å².